The van der Waals surface area contributed by atoms with Crippen LogP contribution in [0, 0.1) is 5.92 Å². The van der Waals surface area contributed by atoms with E-state index in [9.17, 15) is 36.3 Å². The molecule has 0 radical (unpaired) electrons. The van der Waals surface area contributed by atoms with E-state index in [1.165, 1.54) is 18.2 Å². The standard InChI is InChI=1S/C20H15F3O6S/c21-20(22,23)16-15(18(24)25)10-13-8-4-5-9-14(13)17(16)30(27,28)19(26)29-11-12-6-2-1-3-7-12/h1-10,16-17H,11H2,(H,24,25)/t16-,17?/m1/s1. The van der Waals surface area contributed by atoms with Crippen molar-refractivity contribution in [1.82, 2.24) is 0 Å². The van der Waals surface area contributed by atoms with Gasteiger partial charge in [0.15, 0.2) is 0 Å². The third kappa shape index (κ3) is 4.09. The SMILES string of the molecule is O=C(O)C1=Cc2ccccc2C(S(=O)(=O)C(=O)OCc2ccccc2)[C@@H]1C(F)(F)F. The lowest BCUT2D eigenvalue weighted by atomic mass is 9.82. The van der Waals surface area contributed by atoms with Crippen LogP contribution >= 0.6 is 0 Å². The van der Waals surface area contributed by atoms with Crippen LogP contribution in [-0.2, 0) is 26.0 Å². The minimum atomic E-state index is -5.24. The first kappa shape index (κ1) is 21.6. The lowest BCUT2D eigenvalue weighted by molar-refractivity contribution is -0.170. The molecule has 2 aromatic rings. The second-order valence-corrected chi connectivity index (χ2v) is 8.47. The summed E-state index contributed by atoms with van der Waals surface area (Å²) in [6.45, 7) is -0.467. The van der Waals surface area contributed by atoms with E-state index in [1.807, 2.05) is 0 Å². The van der Waals surface area contributed by atoms with Crippen LogP contribution in [-0.4, -0.2) is 31.0 Å². The molecule has 0 aliphatic heterocycles. The van der Waals surface area contributed by atoms with E-state index in [0.29, 0.717) is 5.56 Å². The predicted molar refractivity (Wildman–Crippen MR) is 99.9 cm³/mol. The molecule has 0 bridgehead atoms. The van der Waals surface area contributed by atoms with Gasteiger partial charge in [-0.15, -0.1) is 0 Å². The van der Waals surface area contributed by atoms with Crippen molar-refractivity contribution in [2.45, 2.75) is 18.0 Å². The number of sulfone groups is 1. The summed E-state index contributed by atoms with van der Waals surface area (Å²) in [5.74, 6) is -4.86. The van der Waals surface area contributed by atoms with Gasteiger partial charge in [-0.25, -0.2) is 18.0 Å². The Labute approximate surface area is 169 Å². The van der Waals surface area contributed by atoms with Crippen molar-refractivity contribution in [3.63, 3.8) is 0 Å². The fourth-order valence-corrected chi connectivity index (χ4v) is 4.93. The fraction of sp³-hybridized carbons (Fsp3) is 0.200. The number of ether oxygens (including phenoxy) is 1. The molecule has 0 heterocycles. The van der Waals surface area contributed by atoms with E-state index in [-0.39, 0.29) is 11.1 Å². The summed E-state index contributed by atoms with van der Waals surface area (Å²) in [4.78, 5) is 23.8. The van der Waals surface area contributed by atoms with Gasteiger partial charge in [0.1, 0.15) is 17.8 Å². The van der Waals surface area contributed by atoms with E-state index in [1.54, 1.807) is 30.3 Å². The Bertz CT molecular complexity index is 1110. The minimum Gasteiger partial charge on any atom is -0.478 e. The van der Waals surface area contributed by atoms with Crippen LogP contribution in [0.5, 0.6) is 0 Å². The van der Waals surface area contributed by atoms with Crippen LogP contribution in [0.3, 0.4) is 0 Å². The van der Waals surface area contributed by atoms with Gasteiger partial charge in [0.25, 0.3) is 9.84 Å². The summed E-state index contributed by atoms with van der Waals surface area (Å²) < 4.78 is 72.0. The Hall–Kier alpha value is -3.14. The average molecular weight is 440 g/mol. The maximum absolute atomic E-state index is 13.8. The lowest BCUT2D eigenvalue weighted by Crippen LogP contribution is -2.41. The smallest absolute Gasteiger partial charge is 0.425 e. The summed E-state index contributed by atoms with van der Waals surface area (Å²) in [6.07, 6.45) is -4.47. The van der Waals surface area contributed by atoms with E-state index in [4.69, 9.17) is 4.74 Å². The Morgan fingerprint density at radius 2 is 1.60 bits per heavy atom. The number of halogens is 3. The number of fused-ring (bicyclic) bond motifs is 1. The zero-order valence-corrected chi connectivity index (χ0v) is 16.0. The molecule has 2 aromatic carbocycles. The van der Waals surface area contributed by atoms with Crippen LogP contribution in [0.15, 0.2) is 60.2 Å². The highest BCUT2D eigenvalue weighted by atomic mass is 32.2. The molecule has 1 aliphatic carbocycles. The zero-order chi connectivity index (χ0) is 22.1. The van der Waals surface area contributed by atoms with E-state index in [0.717, 1.165) is 12.1 Å². The van der Waals surface area contributed by atoms with E-state index >= 15 is 0 Å². The molecule has 10 heteroatoms. The maximum Gasteiger partial charge on any atom is 0.425 e. The Kier molecular flexibility index (Phi) is 5.71. The van der Waals surface area contributed by atoms with Crippen LogP contribution in [0.1, 0.15) is 21.9 Å². The average Bonchev–Trinajstić information content (AvgIpc) is 2.70. The molecule has 3 rings (SSSR count). The molecule has 1 N–H and O–H groups in total. The van der Waals surface area contributed by atoms with Crippen molar-refractivity contribution < 1.29 is 41.0 Å². The molecule has 0 aromatic heterocycles. The van der Waals surface area contributed by atoms with Gasteiger partial charge in [-0.2, -0.15) is 13.2 Å². The number of rotatable bonds is 4. The summed E-state index contributed by atoms with van der Waals surface area (Å²) >= 11 is 0. The number of hydrogen-bond acceptors (Lipinski definition) is 5. The number of hydrogen-bond donors (Lipinski definition) is 1. The number of benzene rings is 2. The highest BCUT2D eigenvalue weighted by molar-refractivity contribution is 8.05. The summed E-state index contributed by atoms with van der Waals surface area (Å²) in [6, 6.07) is 13.1. The lowest BCUT2D eigenvalue weighted by Gasteiger charge is -2.32. The fourth-order valence-electron chi connectivity index (χ4n) is 3.29. The van der Waals surface area contributed by atoms with Crippen LogP contribution in [0.4, 0.5) is 18.0 Å². The second-order valence-electron chi connectivity index (χ2n) is 6.54. The van der Waals surface area contributed by atoms with Crippen molar-refractivity contribution in [1.29, 1.82) is 0 Å². The molecule has 0 amide bonds. The number of carboxylic acid groups (broad SMARTS) is 1. The number of carbonyl (C=O) groups is 2. The van der Waals surface area contributed by atoms with E-state index in [2.05, 4.69) is 0 Å². The van der Waals surface area contributed by atoms with Gasteiger partial charge in [-0.1, -0.05) is 54.6 Å². The van der Waals surface area contributed by atoms with Gasteiger partial charge in [-0.05, 0) is 22.8 Å². The van der Waals surface area contributed by atoms with Crippen molar-refractivity contribution in [3.8, 4) is 0 Å². The Morgan fingerprint density at radius 3 is 2.20 bits per heavy atom. The molecule has 1 unspecified atom stereocenters. The number of carboxylic acids is 1. The van der Waals surface area contributed by atoms with Crippen LogP contribution in [0.25, 0.3) is 6.08 Å². The monoisotopic (exact) mass is 440 g/mol. The van der Waals surface area contributed by atoms with Crippen molar-refractivity contribution in [2.24, 2.45) is 5.92 Å². The third-order valence-electron chi connectivity index (χ3n) is 4.62. The second kappa shape index (κ2) is 7.94. The number of aliphatic carboxylic acids is 1. The van der Waals surface area contributed by atoms with Crippen molar-refractivity contribution >= 4 is 27.2 Å². The number of carbonyl (C=O) groups excluding carboxylic acids is 1. The summed E-state index contributed by atoms with van der Waals surface area (Å²) in [7, 11) is -5.23. The zero-order valence-electron chi connectivity index (χ0n) is 15.2. The first-order valence-electron chi connectivity index (χ1n) is 8.58. The van der Waals surface area contributed by atoms with Gasteiger partial charge in [0.05, 0.1) is 5.57 Å². The van der Waals surface area contributed by atoms with Crippen LogP contribution in [0.2, 0.25) is 0 Å². The van der Waals surface area contributed by atoms with Gasteiger partial charge in [-0.3, -0.25) is 0 Å². The van der Waals surface area contributed by atoms with Gasteiger partial charge in [0.2, 0.25) is 0 Å². The Balaban J connectivity index is 2.06. The minimum absolute atomic E-state index is 0.0279. The van der Waals surface area contributed by atoms with Crippen molar-refractivity contribution in [3.05, 3.63) is 76.9 Å². The molecular formula is C20H15F3O6S. The van der Waals surface area contributed by atoms with Gasteiger partial charge >= 0.3 is 17.4 Å². The number of alkyl halides is 3. The molecule has 1 aliphatic rings. The maximum atomic E-state index is 13.8. The molecule has 0 saturated heterocycles. The molecule has 6 nitrogen and oxygen atoms in total. The summed E-state index contributed by atoms with van der Waals surface area (Å²) in [5.41, 5.74) is -1.07. The Morgan fingerprint density at radius 1 is 1.00 bits per heavy atom. The molecular weight excluding hydrogens is 425 g/mol. The molecule has 0 saturated carbocycles. The molecule has 2 atom stereocenters. The highest BCUT2D eigenvalue weighted by Crippen LogP contribution is 2.50. The van der Waals surface area contributed by atoms with Crippen LogP contribution < -0.4 is 0 Å². The first-order valence-corrected chi connectivity index (χ1v) is 10.1. The van der Waals surface area contributed by atoms with Crippen molar-refractivity contribution in [2.75, 3.05) is 0 Å². The normalized spacial score (nSPS) is 18.8. The van der Waals surface area contributed by atoms with E-state index < -0.39 is 50.6 Å². The molecule has 0 fully saturated rings. The predicted octanol–water partition coefficient (Wildman–Crippen LogP) is 4.14. The first-order chi connectivity index (χ1) is 14.0. The molecule has 0 spiro atoms. The third-order valence-corrected chi connectivity index (χ3v) is 6.39. The summed E-state index contributed by atoms with van der Waals surface area (Å²) in [5, 5.41) is 4.96. The highest BCUT2D eigenvalue weighted by Gasteiger charge is 2.57. The van der Waals surface area contributed by atoms with Gasteiger partial charge < -0.3 is 9.84 Å². The quantitative estimate of drug-likeness (QED) is 0.718. The largest absolute Gasteiger partial charge is 0.478 e. The molecule has 30 heavy (non-hydrogen) atoms. The van der Waals surface area contributed by atoms with Gasteiger partial charge in [0, 0.05) is 0 Å². The molecule has 158 valence electrons. The topological polar surface area (TPSA) is 97.7 Å².